The van der Waals surface area contributed by atoms with Gasteiger partial charge >= 0.3 is 0 Å². The normalized spacial score (nSPS) is 20.2. The van der Waals surface area contributed by atoms with E-state index in [1.807, 2.05) is 0 Å². The van der Waals surface area contributed by atoms with Gasteiger partial charge in [-0.1, -0.05) is 0 Å². The molecule has 1 aromatic rings. The number of halogens is 1. The van der Waals surface area contributed by atoms with Crippen LogP contribution in [0.3, 0.4) is 0 Å². The Morgan fingerprint density at radius 1 is 1.67 bits per heavy atom. The van der Waals surface area contributed by atoms with Crippen molar-refractivity contribution >= 4 is 11.6 Å². The molecule has 80 valence electrons. The van der Waals surface area contributed by atoms with E-state index in [0.29, 0.717) is 0 Å². The summed E-state index contributed by atoms with van der Waals surface area (Å²) in [4.78, 5) is 15.2. The van der Waals surface area contributed by atoms with Gasteiger partial charge in [0.25, 0.3) is 0 Å². The van der Waals surface area contributed by atoms with E-state index in [9.17, 15) is 9.18 Å². The zero-order valence-corrected chi connectivity index (χ0v) is 8.16. The fraction of sp³-hybridized carbons (Fsp3) is 0.400. The van der Waals surface area contributed by atoms with Crippen molar-refractivity contribution in [3.05, 3.63) is 24.3 Å². The van der Waals surface area contributed by atoms with E-state index in [1.165, 1.54) is 12.3 Å². The zero-order chi connectivity index (χ0) is 10.7. The first kappa shape index (κ1) is 10.0. The lowest BCUT2D eigenvalue weighted by Crippen LogP contribution is -2.35. The molecule has 1 fully saturated rings. The van der Waals surface area contributed by atoms with E-state index < -0.39 is 5.82 Å². The number of carbonyl (C=O) groups excluding carboxylic acids is 1. The molecule has 4 nitrogen and oxygen atoms in total. The molecule has 1 aliphatic heterocycles. The number of rotatable bonds is 2. The molecule has 15 heavy (non-hydrogen) atoms. The Labute approximate surface area is 86.9 Å². The highest BCUT2D eigenvalue weighted by Crippen LogP contribution is 2.13. The van der Waals surface area contributed by atoms with Crippen molar-refractivity contribution in [3.63, 3.8) is 0 Å². The van der Waals surface area contributed by atoms with E-state index in [-0.39, 0.29) is 17.6 Å². The molecule has 0 radical (unpaired) electrons. The number of hydrogen-bond acceptors (Lipinski definition) is 3. The highest BCUT2D eigenvalue weighted by molar-refractivity contribution is 5.95. The van der Waals surface area contributed by atoms with Crippen LogP contribution in [-0.4, -0.2) is 23.5 Å². The van der Waals surface area contributed by atoms with Crippen LogP contribution in [0.4, 0.5) is 10.1 Å². The molecule has 0 aromatic carbocycles. The highest BCUT2D eigenvalue weighted by atomic mass is 19.1. The lowest BCUT2D eigenvalue weighted by atomic mass is 10.2. The molecule has 2 rings (SSSR count). The molecule has 0 spiro atoms. The molecule has 0 saturated carbocycles. The van der Waals surface area contributed by atoms with Gasteiger partial charge in [-0.15, -0.1) is 0 Å². The molecule has 1 amide bonds. The maximum atomic E-state index is 13.1. The minimum Gasteiger partial charge on any atom is -0.322 e. The Bertz CT molecular complexity index is 363. The molecule has 2 heterocycles. The van der Waals surface area contributed by atoms with Gasteiger partial charge in [0.1, 0.15) is 0 Å². The summed E-state index contributed by atoms with van der Waals surface area (Å²) in [6.07, 6.45) is 4.31. The van der Waals surface area contributed by atoms with Crippen LogP contribution in [-0.2, 0) is 4.79 Å². The number of aromatic nitrogens is 1. The molecular weight excluding hydrogens is 197 g/mol. The summed E-state index contributed by atoms with van der Waals surface area (Å²) >= 11 is 0. The summed E-state index contributed by atoms with van der Waals surface area (Å²) in [5.74, 6) is -0.693. The average molecular weight is 209 g/mol. The van der Waals surface area contributed by atoms with E-state index in [4.69, 9.17) is 0 Å². The second-order valence-corrected chi connectivity index (χ2v) is 3.49. The lowest BCUT2D eigenvalue weighted by Gasteiger charge is -2.10. The van der Waals surface area contributed by atoms with Gasteiger partial charge in [0.2, 0.25) is 5.91 Å². The monoisotopic (exact) mass is 209 g/mol. The smallest absolute Gasteiger partial charge is 0.241 e. The fourth-order valence-corrected chi connectivity index (χ4v) is 1.60. The third-order valence-electron chi connectivity index (χ3n) is 2.41. The van der Waals surface area contributed by atoms with E-state index in [1.54, 1.807) is 0 Å². The number of pyridine rings is 1. The highest BCUT2D eigenvalue weighted by Gasteiger charge is 2.22. The summed E-state index contributed by atoms with van der Waals surface area (Å²) in [7, 11) is 0. The Kier molecular flexibility index (Phi) is 2.91. The topological polar surface area (TPSA) is 54.0 Å². The summed E-state index contributed by atoms with van der Waals surface area (Å²) in [6, 6.07) is 1.25. The van der Waals surface area contributed by atoms with Crippen LogP contribution >= 0.6 is 0 Å². The van der Waals surface area contributed by atoms with Gasteiger partial charge < -0.3 is 10.6 Å². The quantitative estimate of drug-likeness (QED) is 0.761. The van der Waals surface area contributed by atoms with Crippen molar-refractivity contribution in [1.29, 1.82) is 0 Å². The first-order valence-electron chi connectivity index (χ1n) is 4.91. The van der Waals surface area contributed by atoms with Gasteiger partial charge in [-0.3, -0.25) is 9.78 Å². The summed E-state index contributed by atoms with van der Waals surface area (Å²) in [5, 5.41) is 5.58. The Hall–Kier alpha value is -1.49. The third kappa shape index (κ3) is 2.30. The maximum absolute atomic E-state index is 13.1. The summed E-state index contributed by atoms with van der Waals surface area (Å²) in [5.41, 5.74) is 0.184. The van der Waals surface area contributed by atoms with Crippen LogP contribution < -0.4 is 10.6 Å². The molecular formula is C10H12FN3O. The predicted octanol–water partition coefficient (Wildman–Crippen LogP) is 0.911. The third-order valence-corrected chi connectivity index (χ3v) is 2.41. The van der Waals surface area contributed by atoms with Crippen molar-refractivity contribution in [1.82, 2.24) is 10.3 Å². The lowest BCUT2D eigenvalue weighted by molar-refractivity contribution is -0.117. The van der Waals surface area contributed by atoms with Crippen molar-refractivity contribution in [2.75, 3.05) is 11.9 Å². The average Bonchev–Trinajstić information content (AvgIpc) is 2.74. The number of carbonyl (C=O) groups is 1. The molecule has 1 aliphatic rings. The van der Waals surface area contributed by atoms with Gasteiger partial charge in [-0.2, -0.15) is 0 Å². The van der Waals surface area contributed by atoms with Gasteiger partial charge in [0.15, 0.2) is 5.82 Å². The number of nitrogens with zero attached hydrogens (tertiary/aromatic N) is 1. The van der Waals surface area contributed by atoms with Crippen molar-refractivity contribution in [2.24, 2.45) is 0 Å². The molecule has 5 heteroatoms. The maximum Gasteiger partial charge on any atom is 0.241 e. The second-order valence-electron chi connectivity index (χ2n) is 3.49. The van der Waals surface area contributed by atoms with Crippen molar-refractivity contribution in [3.8, 4) is 0 Å². The number of amides is 1. The van der Waals surface area contributed by atoms with E-state index in [0.717, 1.165) is 25.6 Å². The van der Waals surface area contributed by atoms with Crippen LogP contribution in [0, 0.1) is 5.82 Å². The minimum atomic E-state index is -0.510. The molecule has 0 bridgehead atoms. The summed E-state index contributed by atoms with van der Waals surface area (Å²) < 4.78 is 13.1. The van der Waals surface area contributed by atoms with Gasteiger partial charge in [-0.25, -0.2) is 4.39 Å². The van der Waals surface area contributed by atoms with Crippen LogP contribution in [0.25, 0.3) is 0 Å². The first-order chi connectivity index (χ1) is 7.27. The standard InChI is InChI=1S/C10H12FN3O/c11-7-6-12-5-3-8(7)14-10(15)9-2-1-4-13-9/h3,5-6,9,13H,1-2,4H2,(H,12,14,15)/t9-/m0/s1. The minimum absolute atomic E-state index is 0.183. The molecule has 2 N–H and O–H groups in total. The zero-order valence-electron chi connectivity index (χ0n) is 8.16. The number of anilines is 1. The fourth-order valence-electron chi connectivity index (χ4n) is 1.60. The Morgan fingerprint density at radius 2 is 2.53 bits per heavy atom. The largest absolute Gasteiger partial charge is 0.322 e. The SMILES string of the molecule is O=C(Nc1ccncc1F)[C@@H]1CCCN1. The van der Waals surface area contributed by atoms with Crippen molar-refractivity contribution < 1.29 is 9.18 Å². The molecule has 1 saturated heterocycles. The second kappa shape index (κ2) is 4.35. The van der Waals surface area contributed by atoms with E-state index in [2.05, 4.69) is 15.6 Å². The molecule has 0 aliphatic carbocycles. The summed E-state index contributed by atoms with van der Waals surface area (Å²) in [6.45, 7) is 0.844. The molecule has 1 atom stereocenters. The molecule has 0 unspecified atom stereocenters. The van der Waals surface area contributed by atoms with Crippen LogP contribution in [0.15, 0.2) is 18.5 Å². The first-order valence-corrected chi connectivity index (χ1v) is 4.91. The van der Waals surface area contributed by atoms with Crippen LogP contribution in [0.5, 0.6) is 0 Å². The number of hydrogen-bond donors (Lipinski definition) is 2. The van der Waals surface area contributed by atoms with Gasteiger partial charge in [0, 0.05) is 6.20 Å². The molecule has 1 aromatic heterocycles. The Balaban J connectivity index is 2.02. The van der Waals surface area contributed by atoms with E-state index >= 15 is 0 Å². The number of nitrogens with one attached hydrogen (secondary N) is 2. The van der Waals surface area contributed by atoms with Gasteiger partial charge in [-0.05, 0) is 25.5 Å². The Morgan fingerprint density at radius 3 is 3.20 bits per heavy atom. The van der Waals surface area contributed by atoms with Crippen LogP contribution in [0.2, 0.25) is 0 Å². The van der Waals surface area contributed by atoms with Crippen molar-refractivity contribution in [2.45, 2.75) is 18.9 Å². The predicted molar refractivity (Wildman–Crippen MR) is 53.8 cm³/mol. The van der Waals surface area contributed by atoms with Crippen LogP contribution in [0.1, 0.15) is 12.8 Å². The van der Waals surface area contributed by atoms with Gasteiger partial charge in [0.05, 0.1) is 17.9 Å².